The third-order valence-electron chi connectivity index (χ3n) is 2.23. The van der Waals surface area contributed by atoms with Crippen molar-refractivity contribution < 1.29 is 14.3 Å². The van der Waals surface area contributed by atoms with E-state index in [-0.39, 0.29) is 19.4 Å². The maximum atomic E-state index is 11.4. The summed E-state index contributed by atoms with van der Waals surface area (Å²) in [6.07, 6.45) is 0.296. The van der Waals surface area contributed by atoms with Gasteiger partial charge in [-0.05, 0) is 12.0 Å². The van der Waals surface area contributed by atoms with Crippen LogP contribution in [-0.4, -0.2) is 17.9 Å². The van der Waals surface area contributed by atoms with Crippen LogP contribution in [0.2, 0.25) is 0 Å². The molecule has 5 nitrogen and oxygen atoms in total. The smallest absolute Gasteiger partial charge is 0.323 e. The normalized spacial score (nSPS) is 11.8. The number of esters is 1. The Morgan fingerprint density at radius 2 is 1.88 bits per heavy atom. The molecule has 17 heavy (non-hydrogen) atoms. The zero-order valence-corrected chi connectivity index (χ0v) is 9.46. The van der Waals surface area contributed by atoms with Crippen molar-refractivity contribution in [2.75, 3.05) is 0 Å². The third-order valence-corrected chi connectivity index (χ3v) is 2.23. The molecule has 5 heteroatoms. The second-order valence-corrected chi connectivity index (χ2v) is 3.70. The van der Waals surface area contributed by atoms with E-state index in [2.05, 4.69) is 0 Å². The van der Waals surface area contributed by atoms with Crippen molar-refractivity contribution in [1.82, 2.24) is 0 Å². The molecule has 0 radical (unpaired) electrons. The Kier molecular flexibility index (Phi) is 5.16. The van der Waals surface area contributed by atoms with E-state index < -0.39 is 17.9 Å². The quantitative estimate of drug-likeness (QED) is 0.695. The minimum Gasteiger partial charge on any atom is -0.460 e. The van der Waals surface area contributed by atoms with Crippen molar-refractivity contribution >= 4 is 11.9 Å². The average Bonchev–Trinajstić information content (AvgIpc) is 2.34. The van der Waals surface area contributed by atoms with Crippen LogP contribution in [0.4, 0.5) is 0 Å². The van der Waals surface area contributed by atoms with Gasteiger partial charge in [0.2, 0.25) is 5.91 Å². The summed E-state index contributed by atoms with van der Waals surface area (Å²) >= 11 is 0. The van der Waals surface area contributed by atoms with Crippen LogP contribution in [-0.2, 0) is 20.9 Å². The zero-order valence-electron chi connectivity index (χ0n) is 9.46. The van der Waals surface area contributed by atoms with Gasteiger partial charge in [0.25, 0.3) is 0 Å². The van der Waals surface area contributed by atoms with Crippen molar-refractivity contribution in [3.63, 3.8) is 0 Å². The molecule has 1 aromatic carbocycles. The molecule has 1 aromatic rings. The number of hydrogen-bond acceptors (Lipinski definition) is 4. The van der Waals surface area contributed by atoms with Crippen LogP contribution in [0.25, 0.3) is 0 Å². The topological polar surface area (TPSA) is 95.4 Å². The second-order valence-electron chi connectivity index (χ2n) is 3.70. The lowest BCUT2D eigenvalue weighted by Gasteiger charge is -2.10. The molecule has 1 atom stereocenters. The summed E-state index contributed by atoms with van der Waals surface area (Å²) in [7, 11) is 0. The van der Waals surface area contributed by atoms with Crippen LogP contribution in [0.5, 0.6) is 0 Å². The highest BCUT2D eigenvalue weighted by molar-refractivity contribution is 5.78. The molecule has 1 rings (SSSR count). The molecule has 0 aliphatic heterocycles. The fourth-order valence-corrected chi connectivity index (χ4v) is 1.25. The number of carbonyl (C=O) groups is 2. The Bertz CT molecular complexity index is 379. The first-order valence-corrected chi connectivity index (χ1v) is 5.34. The molecule has 0 bridgehead atoms. The number of amides is 1. The summed E-state index contributed by atoms with van der Waals surface area (Å²) in [5, 5.41) is 0. The number of primary amides is 1. The number of benzene rings is 1. The van der Waals surface area contributed by atoms with Gasteiger partial charge in [0.1, 0.15) is 12.6 Å². The monoisotopic (exact) mass is 236 g/mol. The van der Waals surface area contributed by atoms with E-state index >= 15 is 0 Å². The summed E-state index contributed by atoms with van der Waals surface area (Å²) in [4.78, 5) is 21.9. The zero-order chi connectivity index (χ0) is 12.7. The van der Waals surface area contributed by atoms with E-state index in [4.69, 9.17) is 16.2 Å². The summed E-state index contributed by atoms with van der Waals surface area (Å²) in [5.74, 6) is -0.994. The molecule has 4 N–H and O–H groups in total. The number of ether oxygens (including phenoxy) is 1. The Hall–Kier alpha value is -1.88. The number of carbonyl (C=O) groups excluding carboxylic acids is 2. The van der Waals surface area contributed by atoms with Crippen molar-refractivity contribution in [2.45, 2.75) is 25.5 Å². The van der Waals surface area contributed by atoms with E-state index in [1.165, 1.54) is 0 Å². The maximum Gasteiger partial charge on any atom is 0.323 e. The van der Waals surface area contributed by atoms with Gasteiger partial charge in [0.15, 0.2) is 0 Å². The highest BCUT2D eigenvalue weighted by atomic mass is 16.5. The highest BCUT2D eigenvalue weighted by Crippen LogP contribution is 2.03. The SMILES string of the molecule is NC(=O)CC[C@H](N)C(=O)OCc1ccccc1. The van der Waals surface area contributed by atoms with Gasteiger partial charge in [-0.15, -0.1) is 0 Å². The third kappa shape index (κ3) is 5.12. The van der Waals surface area contributed by atoms with E-state index in [1.807, 2.05) is 30.3 Å². The number of nitrogens with two attached hydrogens (primary N) is 2. The molecule has 0 saturated heterocycles. The molecule has 0 aliphatic rings. The Morgan fingerprint density at radius 1 is 1.24 bits per heavy atom. The van der Waals surface area contributed by atoms with Gasteiger partial charge in [-0.1, -0.05) is 30.3 Å². The van der Waals surface area contributed by atoms with Crippen molar-refractivity contribution in [3.8, 4) is 0 Å². The maximum absolute atomic E-state index is 11.4. The van der Waals surface area contributed by atoms with Crippen LogP contribution >= 0.6 is 0 Å². The molecule has 0 spiro atoms. The Balaban J connectivity index is 2.32. The number of rotatable bonds is 6. The van der Waals surface area contributed by atoms with Crippen molar-refractivity contribution in [1.29, 1.82) is 0 Å². The number of hydrogen-bond donors (Lipinski definition) is 2. The molecule has 0 aliphatic carbocycles. The Labute approximate surface area is 99.7 Å². The van der Waals surface area contributed by atoms with Crippen LogP contribution in [0.1, 0.15) is 18.4 Å². The molecular weight excluding hydrogens is 220 g/mol. The van der Waals surface area contributed by atoms with E-state index in [0.717, 1.165) is 5.56 Å². The fourth-order valence-electron chi connectivity index (χ4n) is 1.25. The van der Waals surface area contributed by atoms with Gasteiger partial charge in [-0.25, -0.2) is 0 Å². The summed E-state index contributed by atoms with van der Waals surface area (Å²) < 4.78 is 5.01. The summed E-state index contributed by atoms with van der Waals surface area (Å²) in [5.41, 5.74) is 11.4. The van der Waals surface area contributed by atoms with Crippen molar-refractivity contribution in [2.24, 2.45) is 11.5 Å². The predicted octanol–water partition coefficient (Wildman–Crippen LogP) is 0.323. The van der Waals surface area contributed by atoms with Gasteiger partial charge in [-0.3, -0.25) is 9.59 Å². The lowest BCUT2D eigenvalue weighted by molar-refractivity contribution is -0.146. The van der Waals surface area contributed by atoms with E-state index in [9.17, 15) is 9.59 Å². The largest absolute Gasteiger partial charge is 0.460 e. The van der Waals surface area contributed by atoms with Gasteiger partial charge in [0.05, 0.1) is 0 Å². The highest BCUT2D eigenvalue weighted by Gasteiger charge is 2.15. The standard InChI is InChI=1S/C12H16N2O3/c13-10(6-7-11(14)15)12(16)17-8-9-4-2-1-3-5-9/h1-5,10H,6-8,13H2,(H2,14,15)/t10-/m0/s1. The molecule has 0 aromatic heterocycles. The molecular formula is C12H16N2O3. The molecule has 92 valence electrons. The van der Waals surface area contributed by atoms with Gasteiger partial charge < -0.3 is 16.2 Å². The van der Waals surface area contributed by atoms with Crippen LogP contribution in [0, 0.1) is 0 Å². The summed E-state index contributed by atoms with van der Waals surface area (Å²) in [6.45, 7) is 0.184. The molecule has 0 unspecified atom stereocenters. The van der Waals surface area contributed by atoms with E-state index in [0.29, 0.717) is 0 Å². The molecule has 1 amide bonds. The van der Waals surface area contributed by atoms with Crippen LogP contribution in [0.15, 0.2) is 30.3 Å². The molecule has 0 fully saturated rings. The average molecular weight is 236 g/mol. The molecule has 0 saturated carbocycles. The second kappa shape index (κ2) is 6.65. The minimum atomic E-state index is -0.800. The van der Waals surface area contributed by atoms with Gasteiger partial charge >= 0.3 is 5.97 Å². The summed E-state index contributed by atoms with van der Waals surface area (Å²) in [6, 6.07) is 8.49. The van der Waals surface area contributed by atoms with Crippen molar-refractivity contribution in [3.05, 3.63) is 35.9 Å². The first-order valence-electron chi connectivity index (χ1n) is 5.34. The van der Waals surface area contributed by atoms with Gasteiger partial charge in [0, 0.05) is 6.42 Å². The first-order chi connectivity index (χ1) is 8.09. The lowest BCUT2D eigenvalue weighted by atomic mass is 10.1. The van der Waals surface area contributed by atoms with E-state index in [1.54, 1.807) is 0 Å². The molecule has 0 heterocycles. The fraction of sp³-hybridized carbons (Fsp3) is 0.333. The van der Waals surface area contributed by atoms with Crippen LogP contribution in [0.3, 0.4) is 0 Å². The first kappa shape index (κ1) is 13.2. The minimum absolute atomic E-state index is 0.0849. The Morgan fingerprint density at radius 3 is 2.47 bits per heavy atom. The van der Waals surface area contributed by atoms with Gasteiger partial charge in [-0.2, -0.15) is 0 Å². The predicted molar refractivity (Wildman–Crippen MR) is 62.6 cm³/mol. The lowest BCUT2D eigenvalue weighted by Crippen LogP contribution is -2.33. The van der Waals surface area contributed by atoms with Crippen LogP contribution < -0.4 is 11.5 Å².